The quantitative estimate of drug-likeness (QED) is 0.749. The van der Waals surface area contributed by atoms with Gasteiger partial charge in [-0.1, -0.05) is 11.3 Å². The molecule has 30 heavy (non-hydrogen) atoms. The summed E-state index contributed by atoms with van der Waals surface area (Å²) in [5, 5.41) is 14.0. The average Bonchev–Trinajstić information content (AvgIpc) is 3.49. The molecule has 3 heterocycles. The number of likely N-dealkylation sites (tertiary alicyclic amines) is 1. The number of carbonyl (C=O) groups excluding carboxylic acids is 2. The molecule has 2 atom stereocenters. The van der Waals surface area contributed by atoms with Gasteiger partial charge in [-0.05, 0) is 37.8 Å². The van der Waals surface area contributed by atoms with E-state index in [0.717, 1.165) is 55.8 Å². The first-order chi connectivity index (χ1) is 14.5. The Hall–Kier alpha value is -2.66. The maximum Gasteiger partial charge on any atom is 0.318 e. The van der Waals surface area contributed by atoms with Crippen molar-refractivity contribution in [2.45, 2.75) is 37.8 Å². The summed E-state index contributed by atoms with van der Waals surface area (Å²) >= 11 is 1.08. The van der Waals surface area contributed by atoms with E-state index in [2.05, 4.69) is 20.8 Å². The number of benzene rings is 1. The number of halogens is 2. The van der Waals surface area contributed by atoms with E-state index >= 15 is 0 Å². The molecule has 2 aliphatic rings. The van der Waals surface area contributed by atoms with Crippen molar-refractivity contribution in [2.75, 3.05) is 25.0 Å². The molecule has 1 aromatic carbocycles. The average molecular weight is 437 g/mol. The minimum Gasteiger partial charge on any atom is -0.376 e. The molecular formula is C19H21F2N5O3S. The van der Waals surface area contributed by atoms with Crippen molar-refractivity contribution < 1.29 is 23.1 Å². The molecule has 0 saturated carbocycles. The highest BCUT2D eigenvalue weighted by molar-refractivity contribution is 7.13. The van der Waals surface area contributed by atoms with Gasteiger partial charge in [-0.3, -0.25) is 4.79 Å². The Morgan fingerprint density at radius 1 is 1.20 bits per heavy atom. The van der Waals surface area contributed by atoms with Gasteiger partial charge in [0.25, 0.3) is 5.91 Å². The lowest BCUT2D eigenvalue weighted by Gasteiger charge is -2.23. The maximum atomic E-state index is 13.3. The Morgan fingerprint density at radius 2 is 2.07 bits per heavy atom. The lowest BCUT2D eigenvalue weighted by atomic mass is 10.2. The molecule has 2 N–H and O–H groups in total. The summed E-state index contributed by atoms with van der Waals surface area (Å²) in [6.45, 7) is 1.80. The molecular weight excluding hydrogens is 416 g/mol. The SMILES string of the molecule is O=C(Nc1ccc(F)c(F)c1)c1nnc([C@@H]2CCCN2C(=O)NC[C@H]2CCCO2)s1. The standard InChI is InChI=1S/C19H21F2N5O3S/c20-13-6-5-11(9-14(13)21)23-16(27)18-25-24-17(30-18)15-4-1-7-26(15)19(28)22-10-12-3-2-8-29-12/h5-6,9,12,15H,1-4,7-8,10H2,(H,22,28)(H,23,27)/t12-,15+/m1/s1. The molecule has 1 aromatic heterocycles. The maximum absolute atomic E-state index is 13.3. The molecule has 2 fully saturated rings. The first-order valence-corrected chi connectivity index (χ1v) is 10.6. The van der Waals surface area contributed by atoms with Crippen LogP contribution in [0.2, 0.25) is 0 Å². The molecule has 0 spiro atoms. The van der Waals surface area contributed by atoms with Gasteiger partial charge in [0.2, 0.25) is 5.01 Å². The van der Waals surface area contributed by atoms with Crippen LogP contribution in [-0.2, 0) is 4.74 Å². The van der Waals surface area contributed by atoms with Crippen molar-refractivity contribution >= 4 is 29.0 Å². The molecule has 0 aliphatic carbocycles. The van der Waals surface area contributed by atoms with Crippen molar-refractivity contribution in [1.82, 2.24) is 20.4 Å². The highest BCUT2D eigenvalue weighted by Crippen LogP contribution is 2.33. The number of ether oxygens (including phenoxy) is 1. The monoisotopic (exact) mass is 437 g/mol. The predicted octanol–water partition coefficient (Wildman–Crippen LogP) is 3.09. The number of carbonyl (C=O) groups is 2. The molecule has 8 nitrogen and oxygen atoms in total. The second-order valence-corrected chi connectivity index (χ2v) is 8.21. The van der Waals surface area contributed by atoms with Crippen LogP contribution in [0.4, 0.5) is 19.3 Å². The Labute approximate surface area is 175 Å². The summed E-state index contributed by atoms with van der Waals surface area (Å²) in [6, 6.07) is 2.65. The third-order valence-corrected chi connectivity index (χ3v) is 6.14. The van der Waals surface area contributed by atoms with E-state index in [1.54, 1.807) is 4.90 Å². The summed E-state index contributed by atoms with van der Waals surface area (Å²) < 4.78 is 31.9. The van der Waals surface area contributed by atoms with Gasteiger partial charge < -0.3 is 20.3 Å². The van der Waals surface area contributed by atoms with E-state index in [4.69, 9.17) is 4.74 Å². The van der Waals surface area contributed by atoms with Crippen LogP contribution in [0.1, 0.15) is 46.5 Å². The lowest BCUT2D eigenvalue weighted by Crippen LogP contribution is -2.42. The van der Waals surface area contributed by atoms with Crippen LogP contribution < -0.4 is 10.6 Å². The fourth-order valence-electron chi connectivity index (χ4n) is 3.59. The number of rotatable bonds is 5. The Kier molecular flexibility index (Phi) is 6.18. The number of nitrogens with zero attached hydrogens (tertiary/aromatic N) is 3. The topological polar surface area (TPSA) is 96.5 Å². The smallest absolute Gasteiger partial charge is 0.318 e. The Morgan fingerprint density at radius 3 is 2.83 bits per heavy atom. The van der Waals surface area contributed by atoms with Gasteiger partial charge >= 0.3 is 6.03 Å². The zero-order valence-corrected chi connectivity index (χ0v) is 16.9. The fourth-order valence-corrected chi connectivity index (χ4v) is 4.48. The van der Waals surface area contributed by atoms with Crippen LogP contribution in [0, 0.1) is 11.6 Å². The van der Waals surface area contributed by atoms with Crippen LogP contribution in [-0.4, -0.2) is 52.8 Å². The van der Waals surface area contributed by atoms with E-state index in [1.807, 2.05) is 0 Å². The van der Waals surface area contributed by atoms with E-state index in [-0.39, 0.29) is 28.9 Å². The first-order valence-electron chi connectivity index (χ1n) is 9.77. The summed E-state index contributed by atoms with van der Waals surface area (Å²) in [5.41, 5.74) is 0.117. The summed E-state index contributed by atoms with van der Waals surface area (Å²) in [4.78, 5) is 26.7. The molecule has 2 aliphatic heterocycles. The second kappa shape index (κ2) is 9.00. The highest BCUT2D eigenvalue weighted by Gasteiger charge is 2.33. The molecule has 3 amide bonds. The number of aromatic nitrogens is 2. The van der Waals surface area contributed by atoms with Gasteiger partial charge in [-0.25, -0.2) is 13.6 Å². The molecule has 0 bridgehead atoms. The van der Waals surface area contributed by atoms with Gasteiger partial charge in [0.1, 0.15) is 5.01 Å². The molecule has 0 radical (unpaired) electrons. The molecule has 4 rings (SSSR count). The molecule has 0 unspecified atom stereocenters. The third kappa shape index (κ3) is 4.57. The number of hydrogen-bond donors (Lipinski definition) is 2. The molecule has 160 valence electrons. The van der Waals surface area contributed by atoms with Crippen LogP contribution in [0.15, 0.2) is 18.2 Å². The molecule has 11 heteroatoms. The first kappa shape index (κ1) is 20.6. The number of nitrogens with one attached hydrogen (secondary N) is 2. The van der Waals surface area contributed by atoms with Gasteiger partial charge in [0.15, 0.2) is 11.6 Å². The van der Waals surface area contributed by atoms with Gasteiger partial charge in [-0.15, -0.1) is 10.2 Å². The van der Waals surface area contributed by atoms with Crippen LogP contribution in [0.3, 0.4) is 0 Å². The highest BCUT2D eigenvalue weighted by atomic mass is 32.1. The molecule has 2 aromatic rings. The van der Waals surface area contributed by atoms with E-state index in [9.17, 15) is 18.4 Å². The van der Waals surface area contributed by atoms with Crippen LogP contribution in [0.5, 0.6) is 0 Å². The Bertz CT molecular complexity index is 935. The van der Waals surface area contributed by atoms with E-state index in [0.29, 0.717) is 18.1 Å². The van der Waals surface area contributed by atoms with Gasteiger partial charge in [0, 0.05) is 31.5 Å². The number of urea groups is 1. The van der Waals surface area contributed by atoms with Crippen LogP contribution >= 0.6 is 11.3 Å². The normalized spacial score (nSPS) is 21.1. The summed E-state index contributed by atoms with van der Waals surface area (Å²) in [6.07, 6.45) is 3.56. The van der Waals surface area contributed by atoms with Crippen molar-refractivity contribution in [3.63, 3.8) is 0 Å². The minimum atomic E-state index is -1.05. The summed E-state index contributed by atoms with van der Waals surface area (Å²) in [7, 11) is 0. The van der Waals surface area contributed by atoms with Crippen molar-refractivity contribution in [3.8, 4) is 0 Å². The minimum absolute atomic E-state index is 0.0585. The van der Waals surface area contributed by atoms with Crippen LogP contribution in [0.25, 0.3) is 0 Å². The van der Waals surface area contributed by atoms with Gasteiger partial charge in [0.05, 0.1) is 12.1 Å². The molecule has 2 saturated heterocycles. The number of hydrogen-bond acceptors (Lipinski definition) is 6. The zero-order chi connectivity index (χ0) is 21.1. The second-order valence-electron chi connectivity index (χ2n) is 7.20. The lowest BCUT2D eigenvalue weighted by molar-refractivity contribution is 0.102. The van der Waals surface area contributed by atoms with Crippen molar-refractivity contribution in [1.29, 1.82) is 0 Å². The summed E-state index contributed by atoms with van der Waals surface area (Å²) in [5.74, 6) is -2.62. The van der Waals surface area contributed by atoms with Crippen molar-refractivity contribution in [3.05, 3.63) is 39.8 Å². The van der Waals surface area contributed by atoms with Gasteiger partial charge in [-0.2, -0.15) is 0 Å². The number of anilines is 1. The van der Waals surface area contributed by atoms with E-state index < -0.39 is 17.5 Å². The van der Waals surface area contributed by atoms with Crippen molar-refractivity contribution in [2.24, 2.45) is 0 Å². The van der Waals surface area contributed by atoms with E-state index in [1.165, 1.54) is 6.07 Å². The predicted molar refractivity (Wildman–Crippen MR) is 105 cm³/mol. The fraction of sp³-hybridized carbons (Fsp3) is 0.474. The largest absolute Gasteiger partial charge is 0.376 e. The Balaban J connectivity index is 1.38. The zero-order valence-electron chi connectivity index (χ0n) is 16.1. The third-order valence-electron chi connectivity index (χ3n) is 5.12. The number of amides is 3.